The number of hydrogen-bond donors (Lipinski definition) is 2. The third kappa shape index (κ3) is 6.80. The van der Waals surface area contributed by atoms with Crippen molar-refractivity contribution in [2.45, 2.75) is 6.61 Å². The fourth-order valence-corrected chi connectivity index (χ4v) is 2.70. The molecule has 31 heavy (non-hydrogen) atoms. The first kappa shape index (κ1) is 22.3. The molecule has 0 unspecified atom stereocenters. The normalized spacial score (nSPS) is 10.7. The first-order valence-corrected chi connectivity index (χ1v) is 9.73. The second kappa shape index (κ2) is 10.6. The number of hydrazone groups is 1. The molecule has 0 aliphatic heterocycles. The van der Waals surface area contributed by atoms with E-state index in [1.807, 2.05) is 6.07 Å². The Morgan fingerprint density at radius 3 is 2.32 bits per heavy atom. The number of carbonyl (C=O) groups is 2. The molecule has 2 N–H and O–H groups in total. The first-order chi connectivity index (χ1) is 14.9. The molecule has 6 nitrogen and oxygen atoms in total. The van der Waals surface area contributed by atoms with E-state index in [9.17, 15) is 14.0 Å². The maximum atomic E-state index is 12.9. The summed E-state index contributed by atoms with van der Waals surface area (Å²) >= 11 is 11.9. The summed E-state index contributed by atoms with van der Waals surface area (Å²) in [7, 11) is 0. The summed E-state index contributed by atoms with van der Waals surface area (Å²) in [5.74, 6) is -1.69. The number of halogens is 3. The topological polar surface area (TPSA) is 79.8 Å². The maximum Gasteiger partial charge on any atom is 0.329 e. The fraction of sp³-hybridized carbons (Fsp3) is 0.0455. The maximum absolute atomic E-state index is 12.9. The second-order valence-electron chi connectivity index (χ2n) is 6.27. The van der Waals surface area contributed by atoms with E-state index in [2.05, 4.69) is 15.8 Å². The van der Waals surface area contributed by atoms with Gasteiger partial charge in [-0.15, -0.1) is 0 Å². The quantitative estimate of drug-likeness (QED) is 0.315. The van der Waals surface area contributed by atoms with Gasteiger partial charge in [-0.05, 0) is 71.8 Å². The summed E-state index contributed by atoms with van der Waals surface area (Å²) < 4.78 is 18.5. The Bertz CT molecular complexity index is 1100. The highest BCUT2D eigenvalue weighted by atomic mass is 35.5. The van der Waals surface area contributed by atoms with E-state index in [1.54, 1.807) is 36.4 Å². The minimum atomic E-state index is -0.956. The van der Waals surface area contributed by atoms with Gasteiger partial charge in [-0.2, -0.15) is 5.10 Å². The zero-order valence-electron chi connectivity index (χ0n) is 15.9. The van der Waals surface area contributed by atoms with E-state index in [0.29, 0.717) is 33.7 Å². The van der Waals surface area contributed by atoms with Gasteiger partial charge >= 0.3 is 11.8 Å². The van der Waals surface area contributed by atoms with Crippen LogP contribution in [0.3, 0.4) is 0 Å². The van der Waals surface area contributed by atoms with Crippen LogP contribution in [0.5, 0.6) is 5.75 Å². The van der Waals surface area contributed by atoms with E-state index < -0.39 is 17.6 Å². The Kier molecular flexibility index (Phi) is 7.59. The standard InChI is InChI=1S/C22H16Cl2FN3O3/c23-19-10-3-15(11-20(19)24)13-31-18-8-1-14(2-9-18)12-26-28-22(30)21(29)27-17-6-4-16(25)5-7-17/h1-12H,13H2,(H,27,29)(H,28,30)/b26-12-. The molecule has 158 valence electrons. The molecule has 0 atom stereocenters. The second-order valence-corrected chi connectivity index (χ2v) is 7.08. The third-order valence-corrected chi connectivity index (χ3v) is 4.70. The van der Waals surface area contributed by atoms with Crippen LogP contribution in [0, 0.1) is 5.82 Å². The molecule has 3 aromatic rings. The van der Waals surface area contributed by atoms with Crippen molar-refractivity contribution in [3.63, 3.8) is 0 Å². The van der Waals surface area contributed by atoms with Gasteiger partial charge in [0.1, 0.15) is 18.2 Å². The molecule has 0 saturated heterocycles. The molecular weight excluding hydrogens is 444 g/mol. The Labute approximate surface area is 187 Å². The van der Waals surface area contributed by atoms with Crippen LogP contribution in [-0.2, 0) is 16.2 Å². The van der Waals surface area contributed by atoms with Gasteiger partial charge in [-0.25, -0.2) is 9.82 Å². The summed E-state index contributed by atoms with van der Waals surface area (Å²) in [6, 6.07) is 17.2. The number of nitrogens with one attached hydrogen (secondary N) is 2. The van der Waals surface area contributed by atoms with Crippen molar-refractivity contribution in [3.8, 4) is 5.75 Å². The van der Waals surface area contributed by atoms with E-state index >= 15 is 0 Å². The van der Waals surface area contributed by atoms with Gasteiger partial charge in [-0.3, -0.25) is 9.59 Å². The highest BCUT2D eigenvalue weighted by Gasteiger charge is 2.12. The molecule has 3 aromatic carbocycles. The monoisotopic (exact) mass is 459 g/mol. The molecule has 0 spiro atoms. The predicted octanol–water partition coefficient (Wildman–Crippen LogP) is 4.80. The summed E-state index contributed by atoms with van der Waals surface area (Å²) in [6.07, 6.45) is 1.38. The van der Waals surface area contributed by atoms with Crippen LogP contribution in [-0.4, -0.2) is 18.0 Å². The Morgan fingerprint density at radius 2 is 1.65 bits per heavy atom. The smallest absolute Gasteiger partial charge is 0.329 e. The number of nitrogens with zero attached hydrogens (tertiary/aromatic N) is 1. The van der Waals surface area contributed by atoms with Gasteiger partial charge in [0, 0.05) is 5.69 Å². The lowest BCUT2D eigenvalue weighted by Gasteiger charge is -2.07. The van der Waals surface area contributed by atoms with Crippen LogP contribution in [0.2, 0.25) is 10.0 Å². The third-order valence-electron chi connectivity index (χ3n) is 3.96. The zero-order chi connectivity index (χ0) is 22.2. The molecule has 0 heterocycles. The molecule has 0 radical (unpaired) electrons. The average Bonchev–Trinajstić information content (AvgIpc) is 2.77. The number of ether oxygens (including phenoxy) is 1. The minimum absolute atomic E-state index is 0.294. The highest BCUT2D eigenvalue weighted by Crippen LogP contribution is 2.23. The lowest BCUT2D eigenvalue weighted by molar-refractivity contribution is -0.136. The summed E-state index contributed by atoms with van der Waals surface area (Å²) in [4.78, 5) is 23.6. The molecule has 0 saturated carbocycles. The van der Waals surface area contributed by atoms with Gasteiger partial charge in [-0.1, -0.05) is 29.3 Å². The van der Waals surface area contributed by atoms with Crippen molar-refractivity contribution in [1.29, 1.82) is 0 Å². The average molecular weight is 460 g/mol. The van der Waals surface area contributed by atoms with Gasteiger partial charge in [0.05, 0.1) is 16.3 Å². The van der Waals surface area contributed by atoms with Crippen molar-refractivity contribution in [1.82, 2.24) is 5.43 Å². The van der Waals surface area contributed by atoms with Crippen LogP contribution in [0.15, 0.2) is 71.8 Å². The minimum Gasteiger partial charge on any atom is -0.489 e. The number of carbonyl (C=O) groups excluding carboxylic acids is 2. The molecule has 9 heteroatoms. The van der Waals surface area contributed by atoms with E-state index in [0.717, 1.165) is 5.56 Å². The predicted molar refractivity (Wildman–Crippen MR) is 118 cm³/mol. The Balaban J connectivity index is 1.47. The molecule has 0 aliphatic rings. The van der Waals surface area contributed by atoms with Crippen molar-refractivity contribution in [2.24, 2.45) is 5.10 Å². The zero-order valence-corrected chi connectivity index (χ0v) is 17.5. The number of benzene rings is 3. The van der Waals surface area contributed by atoms with E-state index in [1.165, 1.54) is 30.5 Å². The van der Waals surface area contributed by atoms with Crippen LogP contribution < -0.4 is 15.5 Å². The number of rotatable bonds is 6. The fourth-order valence-electron chi connectivity index (χ4n) is 2.38. The van der Waals surface area contributed by atoms with Gasteiger partial charge in [0.2, 0.25) is 0 Å². The molecule has 3 rings (SSSR count). The van der Waals surface area contributed by atoms with Crippen LogP contribution in [0.25, 0.3) is 0 Å². The van der Waals surface area contributed by atoms with E-state index in [-0.39, 0.29) is 0 Å². The van der Waals surface area contributed by atoms with Crippen LogP contribution in [0.1, 0.15) is 11.1 Å². The molecule has 0 aliphatic carbocycles. The van der Waals surface area contributed by atoms with Gasteiger partial charge < -0.3 is 10.1 Å². The van der Waals surface area contributed by atoms with Crippen molar-refractivity contribution in [2.75, 3.05) is 5.32 Å². The van der Waals surface area contributed by atoms with Crippen molar-refractivity contribution >= 4 is 46.9 Å². The first-order valence-electron chi connectivity index (χ1n) is 8.97. The van der Waals surface area contributed by atoms with Gasteiger partial charge in [0.25, 0.3) is 0 Å². The summed E-state index contributed by atoms with van der Waals surface area (Å²) in [5, 5.41) is 7.02. The number of amides is 2. The van der Waals surface area contributed by atoms with Crippen molar-refractivity contribution in [3.05, 3.63) is 93.7 Å². The van der Waals surface area contributed by atoms with Gasteiger partial charge in [0.15, 0.2) is 0 Å². The molecule has 0 bridgehead atoms. The SMILES string of the molecule is O=C(N/N=C\c1ccc(OCc2ccc(Cl)c(Cl)c2)cc1)C(=O)Nc1ccc(F)cc1. The molecular formula is C22H16Cl2FN3O3. The van der Waals surface area contributed by atoms with E-state index in [4.69, 9.17) is 27.9 Å². The molecule has 0 aromatic heterocycles. The lowest BCUT2D eigenvalue weighted by Crippen LogP contribution is -2.32. The van der Waals surface area contributed by atoms with Crippen molar-refractivity contribution < 1.29 is 18.7 Å². The molecule has 0 fully saturated rings. The lowest BCUT2D eigenvalue weighted by atomic mass is 10.2. The Morgan fingerprint density at radius 1 is 0.935 bits per heavy atom. The van der Waals surface area contributed by atoms with Crippen LogP contribution >= 0.6 is 23.2 Å². The van der Waals surface area contributed by atoms with Crippen LogP contribution in [0.4, 0.5) is 10.1 Å². The largest absolute Gasteiger partial charge is 0.489 e. The number of hydrogen-bond acceptors (Lipinski definition) is 4. The highest BCUT2D eigenvalue weighted by molar-refractivity contribution is 6.42. The Hall–Kier alpha value is -3.42. The summed E-state index contributed by atoms with van der Waals surface area (Å²) in [5.41, 5.74) is 3.98. The number of anilines is 1. The molecule has 2 amide bonds. The summed E-state index contributed by atoms with van der Waals surface area (Å²) in [6.45, 7) is 0.323.